The van der Waals surface area contributed by atoms with Crippen molar-refractivity contribution in [3.63, 3.8) is 0 Å². The topological polar surface area (TPSA) is 169 Å². The number of benzene rings is 1. The number of carbonyl (C=O) groups excluding carboxylic acids is 1. The third-order valence-corrected chi connectivity index (χ3v) is 3.25. The van der Waals surface area contributed by atoms with Gasteiger partial charge in [0.2, 0.25) is 0 Å². The van der Waals surface area contributed by atoms with E-state index in [4.69, 9.17) is 21.9 Å². The molecule has 0 spiro atoms. The molecule has 0 fully saturated rings. The van der Waals surface area contributed by atoms with E-state index in [1.165, 1.54) is 12.1 Å². The molecule has 1 rings (SSSR count). The highest BCUT2D eigenvalue weighted by atomic mass is 16.5. The molecule has 0 aromatic heterocycles. The van der Waals surface area contributed by atoms with Crippen molar-refractivity contribution in [2.45, 2.75) is 25.0 Å². The Kier molecular flexibility index (Phi) is 7.96. The zero-order valence-corrected chi connectivity index (χ0v) is 13.6. The van der Waals surface area contributed by atoms with Crippen molar-refractivity contribution in [1.29, 1.82) is 0 Å². The molecule has 0 saturated carbocycles. The number of esters is 1. The molecule has 0 aliphatic rings. The Morgan fingerprint density at radius 3 is 2.75 bits per heavy atom. The lowest BCUT2D eigenvalue weighted by Gasteiger charge is -2.15. The van der Waals surface area contributed by atoms with E-state index in [1.54, 1.807) is 13.1 Å². The number of aromatic hydroxyl groups is 1. The van der Waals surface area contributed by atoms with E-state index in [9.17, 15) is 15.0 Å². The van der Waals surface area contributed by atoms with E-state index in [0.29, 0.717) is 31.5 Å². The molecule has 0 amide bonds. The third kappa shape index (κ3) is 6.41. The van der Waals surface area contributed by atoms with Crippen LogP contribution in [0.3, 0.4) is 0 Å². The van der Waals surface area contributed by atoms with E-state index in [0.717, 1.165) is 0 Å². The molecule has 24 heavy (non-hydrogen) atoms. The van der Waals surface area contributed by atoms with Crippen molar-refractivity contribution in [3.05, 3.63) is 23.8 Å². The molecule has 9 heteroatoms. The highest BCUT2D eigenvalue weighted by Crippen LogP contribution is 2.29. The summed E-state index contributed by atoms with van der Waals surface area (Å²) >= 11 is 0. The molecule has 0 aliphatic heterocycles. The fourth-order valence-electron chi connectivity index (χ4n) is 1.95. The predicted octanol–water partition coefficient (Wildman–Crippen LogP) is -1.07. The first kappa shape index (κ1) is 19.7. The standard InChI is InChI=1S/C15H25N5O4/c1-19-8-12(22)9-4-5-11(21)13(7-9)24-14(23)10(16)3-2-6-20-15(17)18/h4-5,7,10,12,19,21-22H,2-3,6,8,16H2,1H3,(H4,17,18,20)/t10-,12?/m0/s1. The van der Waals surface area contributed by atoms with Crippen LogP contribution in [-0.4, -0.2) is 48.3 Å². The maximum atomic E-state index is 12.0. The van der Waals surface area contributed by atoms with Crippen LogP contribution in [0.2, 0.25) is 0 Å². The Morgan fingerprint density at radius 2 is 2.12 bits per heavy atom. The van der Waals surface area contributed by atoms with E-state index in [2.05, 4.69) is 10.3 Å². The third-order valence-electron chi connectivity index (χ3n) is 3.25. The molecule has 1 aromatic rings. The van der Waals surface area contributed by atoms with E-state index >= 15 is 0 Å². The average Bonchev–Trinajstić information content (AvgIpc) is 2.53. The minimum absolute atomic E-state index is 0.0204. The van der Waals surface area contributed by atoms with Crippen LogP contribution in [0.25, 0.3) is 0 Å². The first-order valence-electron chi connectivity index (χ1n) is 7.53. The summed E-state index contributed by atoms with van der Waals surface area (Å²) < 4.78 is 5.12. The molecule has 1 aromatic carbocycles. The van der Waals surface area contributed by atoms with E-state index < -0.39 is 18.1 Å². The number of nitrogens with one attached hydrogen (secondary N) is 1. The molecular formula is C15H25N5O4. The lowest BCUT2D eigenvalue weighted by molar-refractivity contribution is -0.136. The van der Waals surface area contributed by atoms with Crippen molar-refractivity contribution in [3.8, 4) is 11.5 Å². The second-order valence-corrected chi connectivity index (χ2v) is 5.28. The largest absolute Gasteiger partial charge is 0.504 e. The molecular weight excluding hydrogens is 314 g/mol. The second kappa shape index (κ2) is 9.71. The van der Waals surface area contributed by atoms with Gasteiger partial charge >= 0.3 is 5.97 Å². The number of rotatable bonds is 9. The Bertz CT molecular complexity index is 575. The Balaban J connectivity index is 2.65. The van der Waals surface area contributed by atoms with Crippen LogP contribution in [0.15, 0.2) is 23.2 Å². The van der Waals surface area contributed by atoms with Crippen LogP contribution in [0.5, 0.6) is 11.5 Å². The maximum absolute atomic E-state index is 12.0. The van der Waals surface area contributed by atoms with E-state index in [1.807, 2.05) is 0 Å². The minimum Gasteiger partial charge on any atom is -0.504 e. The summed E-state index contributed by atoms with van der Waals surface area (Å²) in [5, 5.41) is 22.5. The maximum Gasteiger partial charge on any atom is 0.328 e. The number of ether oxygens (including phenoxy) is 1. The lowest BCUT2D eigenvalue weighted by Crippen LogP contribution is -2.34. The number of carbonyl (C=O) groups is 1. The number of aliphatic hydroxyl groups excluding tert-OH is 1. The van der Waals surface area contributed by atoms with Crippen molar-refractivity contribution in [2.24, 2.45) is 22.2 Å². The molecule has 2 atom stereocenters. The number of aliphatic hydroxyl groups is 1. The van der Waals surface area contributed by atoms with Gasteiger partial charge in [-0.05, 0) is 37.6 Å². The minimum atomic E-state index is -0.871. The Morgan fingerprint density at radius 1 is 1.42 bits per heavy atom. The summed E-state index contributed by atoms with van der Waals surface area (Å²) in [5.74, 6) is -0.966. The number of likely N-dealkylation sites (N-methyl/N-ethyl adjacent to an activating group) is 1. The monoisotopic (exact) mass is 339 g/mol. The zero-order valence-electron chi connectivity index (χ0n) is 13.6. The van der Waals surface area contributed by atoms with Crippen LogP contribution in [0.4, 0.5) is 0 Å². The molecule has 0 saturated heterocycles. The zero-order chi connectivity index (χ0) is 18.1. The number of hydrogen-bond acceptors (Lipinski definition) is 7. The van der Waals surface area contributed by atoms with Crippen molar-refractivity contribution in [2.75, 3.05) is 20.1 Å². The van der Waals surface area contributed by atoms with Crippen LogP contribution in [-0.2, 0) is 4.79 Å². The van der Waals surface area contributed by atoms with Gasteiger partial charge in [0.25, 0.3) is 0 Å². The summed E-state index contributed by atoms with van der Waals surface area (Å²) in [6, 6.07) is 3.43. The summed E-state index contributed by atoms with van der Waals surface area (Å²) in [6.07, 6.45) is 0.0563. The molecule has 0 heterocycles. The van der Waals surface area contributed by atoms with Gasteiger partial charge in [-0.3, -0.25) is 4.99 Å². The van der Waals surface area contributed by atoms with Gasteiger partial charge in [0.05, 0.1) is 6.10 Å². The van der Waals surface area contributed by atoms with Gasteiger partial charge < -0.3 is 37.5 Å². The van der Waals surface area contributed by atoms with Crippen LogP contribution < -0.4 is 27.3 Å². The van der Waals surface area contributed by atoms with Gasteiger partial charge in [0, 0.05) is 13.1 Å². The molecule has 0 bridgehead atoms. The summed E-state index contributed by atoms with van der Waals surface area (Å²) in [5.41, 5.74) is 16.7. The number of phenols is 1. The van der Waals surface area contributed by atoms with Crippen molar-refractivity contribution < 1.29 is 19.7 Å². The van der Waals surface area contributed by atoms with Gasteiger partial charge in [-0.25, -0.2) is 4.79 Å². The first-order chi connectivity index (χ1) is 11.3. The number of guanidine groups is 1. The summed E-state index contributed by atoms with van der Waals surface area (Å²) in [6.45, 7) is 0.683. The molecule has 1 unspecified atom stereocenters. The van der Waals surface area contributed by atoms with Crippen molar-refractivity contribution >= 4 is 11.9 Å². The van der Waals surface area contributed by atoms with Crippen molar-refractivity contribution in [1.82, 2.24) is 5.32 Å². The predicted molar refractivity (Wildman–Crippen MR) is 90.5 cm³/mol. The molecule has 0 aliphatic carbocycles. The molecule has 9 N–H and O–H groups in total. The summed E-state index contributed by atoms with van der Waals surface area (Å²) in [7, 11) is 1.70. The van der Waals surface area contributed by atoms with Gasteiger partial charge in [-0.2, -0.15) is 0 Å². The van der Waals surface area contributed by atoms with Crippen LogP contribution in [0.1, 0.15) is 24.5 Å². The van der Waals surface area contributed by atoms with Gasteiger partial charge in [0.1, 0.15) is 6.04 Å². The second-order valence-electron chi connectivity index (χ2n) is 5.28. The highest BCUT2D eigenvalue weighted by molar-refractivity contribution is 5.78. The summed E-state index contributed by atoms with van der Waals surface area (Å²) in [4.78, 5) is 15.8. The Hall–Kier alpha value is -2.36. The van der Waals surface area contributed by atoms with Crippen LogP contribution in [0, 0.1) is 0 Å². The van der Waals surface area contributed by atoms with Gasteiger partial charge in [-0.15, -0.1) is 0 Å². The van der Waals surface area contributed by atoms with Gasteiger partial charge in [-0.1, -0.05) is 6.07 Å². The molecule has 134 valence electrons. The molecule has 9 nitrogen and oxygen atoms in total. The molecule has 0 radical (unpaired) electrons. The quantitative estimate of drug-likeness (QED) is 0.109. The number of nitrogens with two attached hydrogens (primary N) is 3. The van der Waals surface area contributed by atoms with Crippen LogP contribution >= 0.6 is 0 Å². The number of phenolic OH excluding ortho intramolecular Hbond substituents is 1. The smallest absolute Gasteiger partial charge is 0.328 e. The number of hydrogen-bond donors (Lipinski definition) is 6. The fraction of sp³-hybridized carbons (Fsp3) is 0.467. The number of aliphatic imine (C=N–C) groups is 1. The Labute approximate surface area is 140 Å². The lowest BCUT2D eigenvalue weighted by atomic mass is 10.1. The van der Waals surface area contributed by atoms with E-state index in [-0.39, 0.29) is 17.5 Å². The fourth-order valence-corrected chi connectivity index (χ4v) is 1.95. The first-order valence-corrected chi connectivity index (χ1v) is 7.53. The SMILES string of the molecule is CNCC(O)c1ccc(O)c(OC(=O)[C@@H](N)CCCN=C(N)N)c1. The van der Waals surface area contributed by atoms with Gasteiger partial charge in [0.15, 0.2) is 17.5 Å². The number of nitrogens with zero attached hydrogens (tertiary/aromatic N) is 1. The normalized spacial score (nSPS) is 13.1. The average molecular weight is 339 g/mol. The highest BCUT2D eigenvalue weighted by Gasteiger charge is 2.18.